The first-order chi connectivity index (χ1) is 13.9. The number of benzene rings is 2. The van der Waals surface area contributed by atoms with Crippen LogP contribution in [-0.4, -0.2) is 46.9 Å². The number of nitrogens with zero attached hydrogens (tertiary/aromatic N) is 2. The first kappa shape index (κ1) is 20.3. The Labute approximate surface area is 170 Å². The van der Waals surface area contributed by atoms with E-state index in [0.717, 1.165) is 11.3 Å². The van der Waals surface area contributed by atoms with Crippen molar-refractivity contribution in [1.82, 2.24) is 0 Å². The normalized spacial score (nSPS) is 15.2. The van der Waals surface area contributed by atoms with Gasteiger partial charge in [0.25, 0.3) is 0 Å². The highest BCUT2D eigenvalue weighted by molar-refractivity contribution is 5.89. The Bertz CT molecular complexity index is 923. The number of hydrogen-bond donors (Lipinski definition) is 0. The number of likely N-dealkylation sites (N-methyl/N-ethyl adjacent to an activating group) is 1. The molecule has 0 aliphatic carbocycles. The fourth-order valence-corrected chi connectivity index (χ4v) is 3.31. The molecule has 3 rings (SSSR count). The second kappa shape index (κ2) is 8.68. The van der Waals surface area contributed by atoms with E-state index >= 15 is 0 Å². The van der Waals surface area contributed by atoms with Crippen molar-refractivity contribution in [3.8, 4) is 11.5 Å². The van der Waals surface area contributed by atoms with Gasteiger partial charge >= 0.3 is 12.1 Å². The molecule has 1 aliphatic heterocycles. The summed E-state index contributed by atoms with van der Waals surface area (Å²) in [7, 11) is 6.53. The number of carbonyl (C=O) groups is 2. The molecule has 1 atom stereocenters. The van der Waals surface area contributed by atoms with Crippen LogP contribution in [0.5, 0.6) is 11.5 Å². The number of fused-ring (bicyclic) bond motifs is 1. The fraction of sp³-hybridized carbons (Fsp3) is 0.273. The molecule has 0 radical (unpaired) electrons. The molecule has 1 aliphatic rings. The zero-order valence-electron chi connectivity index (χ0n) is 16.9. The van der Waals surface area contributed by atoms with Crippen molar-refractivity contribution in [2.24, 2.45) is 0 Å². The number of ether oxygens (including phenoxy) is 3. The third-order valence-electron chi connectivity index (χ3n) is 4.89. The van der Waals surface area contributed by atoms with E-state index in [1.54, 1.807) is 50.6 Å². The molecule has 0 spiro atoms. The Kier molecular flexibility index (Phi) is 6.07. The number of rotatable bonds is 5. The Morgan fingerprint density at radius 3 is 2.52 bits per heavy atom. The third-order valence-corrected chi connectivity index (χ3v) is 4.89. The van der Waals surface area contributed by atoms with Gasteiger partial charge in [-0.1, -0.05) is 12.1 Å². The van der Waals surface area contributed by atoms with Crippen LogP contribution in [0, 0.1) is 0 Å². The second-order valence-electron chi connectivity index (χ2n) is 6.68. The second-order valence-corrected chi connectivity index (χ2v) is 6.68. The van der Waals surface area contributed by atoms with E-state index in [2.05, 4.69) is 9.64 Å². The minimum atomic E-state index is -0.506. The van der Waals surface area contributed by atoms with Crippen LogP contribution < -0.4 is 19.3 Å². The third kappa shape index (κ3) is 4.34. The molecule has 0 saturated carbocycles. The molecule has 0 N–H and O–H groups in total. The summed E-state index contributed by atoms with van der Waals surface area (Å²) in [5.74, 6) is 0.663. The Balaban J connectivity index is 1.83. The number of anilines is 2. The van der Waals surface area contributed by atoms with Crippen molar-refractivity contribution in [3.63, 3.8) is 0 Å². The van der Waals surface area contributed by atoms with E-state index < -0.39 is 12.1 Å². The van der Waals surface area contributed by atoms with Gasteiger partial charge in [0.2, 0.25) is 0 Å². The molecule has 29 heavy (non-hydrogen) atoms. The highest BCUT2D eigenvalue weighted by Crippen LogP contribution is 2.42. The van der Waals surface area contributed by atoms with Crippen LogP contribution >= 0.6 is 0 Å². The summed E-state index contributed by atoms with van der Waals surface area (Å²) in [6, 6.07) is 12.7. The van der Waals surface area contributed by atoms with Crippen molar-refractivity contribution in [2.75, 3.05) is 44.7 Å². The van der Waals surface area contributed by atoms with E-state index in [9.17, 15) is 9.59 Å². The molecule has 2 aromatic carbocycles. The monoisotopic (exact) mass is 396 g/mol. The summed E-state index contributed by atoms with van der Waals surface area (Å²) in [4.78, 5) is 27.7. The van der Waals surface area contributed by atoms with E-state index in [-0.39, 0.29) is 5.92 Å². The molecule has 1 amide bonds. The average molecular weight is 396 g/mol. The van der Waals surface area contributed by atoms with Crippen molar-refractivity contribution < 1.29 is 23.8 Å². The molecule has 0 aromatic heterocycles. The SMILES string of the molecule is COC(=O)C=CC1CN(C)c2cccc(OC(=O)N(C)c3ccc(OC)cc3)c21. The lowest BCUT2D eigenvalue weighted by Gasteiger charge is -2.19. The summed E-state index contributed by atoms with van der Waals surface area (Å²) in [5.41, 5.74) is 2.51. The highest BCUT2D eigenvalue weighted by atomic mass is 16.6. The minimum absolute atomic E-state index is 0.0932. The van der Waals surface area contributed by atoms with Gasteiger partial charge in [-0.25, -0.2) is 9.59 Å². The van der Waals surface area contributed by atoms with Gasteiger partial charge < -0.3 is 19.1 Å². The summed E-state index contributed by atoms with van der Waals surface area (Å²) < 4.78 is 15.5. The molecule has 0 fully saturated rings. The largest absolute Gasteiger partial charge is 0.497 e. The van der Waals surface area contributed by atoms with Crippen LogP contribution in [0.25, 0.3) is 0 Å². The van der Waals surface area contributed by atoms with E-state index in [4.69, 9.17) is 9.47 Å². The van der Waals surface area contributed by atoms with Gasteiger partial charge in [0, 0.05) is 49.6 Å². The summed E-state index contributed by atoms with van der Waals surface area (Å²) in [6.07, 6.45) is 2.67. The summed E-state index contributed by atoms with van der Waals surface area (Å²) in [5, 5.41) is 0. The Morgan fingerprint density at radius 1 is 1.14 bits per heavy atom. The molecule has 2 aromatic rings. The lowest BCUT2D eigenvalue weighted by molar-refractivity contribution is -0.134. The maximum atomic E-state index is 12.7. The summed E-state index contributed by atoms with van der Waals surface area (Å²) >= 11 is 0. The molecular formula is C22H24N2O5. The van der Waals surface area contributed by atoms with Crippen LogP contribution in [0.15, 0.2) is 54.6 Å². The molecule has 7 nitrogen and oxygen atoms in total. The lowest BCUT2D eigenvalue weighted by atomic mass is 9.99. The van der Waals surface area contributed by atoms with Crippen LogP contribution in [0.2, 0.25) is 0 Å². The van der Waals surface area contributed by atoms with Crippen LogP contribution in [0.4, 0.5) is 16.2 Å². The van der Waals surface area contributed by atoms with Gasteiger partial charge in [0.1, 0.15) is 11.5 Å². The first-order valence-corrected chi connectivity index (χ1v) is 9.14. The number of esters is 1. The number of hydrogen-bond acceptors (Lipinski definition) is 6. The quantitative estimate of drug-likeness (QED) is 0.568. The minimum Gasteiger partial charge on any atom is -0.497 e. The predicted octanol–water partition coefficient (Wildman–Crippen LogP) is 3.59. The van der Waals surface area contributed by atoms with Gasteiger partial charge in [-0.05, 0) is 36.4 Å². The maximum Gasteiger partial charge on any atom is 0.419 e. The van der Waals surface area contributed by atoms with Crippen molar-refractivity contribution >= 4 is 23.4 Å². The van der Waals surface area contributed by atoms with Crippen molar-refractivity contribution in [3.05, 3.63) is 60.2 Å². The van der Waals surface area contributed by atoms with Crippen molar-refractivity contribution in [1.29, 1.82) is 0 Å². The van der Waals surface area contributed by atoms with Crippen LogP contribution in [0.1, 0.15) is 11.5 Å². The maximum absolute atomic E-state index is 12.7. The van der Waals surface area contributed by atoms with E-state index in [1.165, 1.54) is 18.1 Å². The van der Waals surface area contributed by atoms with Gasteiger partial charge in [-0.2, -0.15) is 0 Å². The van der Waals surface area contributed by atoms with Gasteiger partial charge in [-0.3, -0.25) is 4.90 Å². The predicted molar refractivity (Wildman–Crippen MR) is 111 cm³/mol. The van der Waals surface area contributed by atoms with Gasteiger partial charge in [-0.15, -0.1) is 0 Å². The standard InChI is InChI=1S/C22H24N2O5/c1-23-14-15(8-13-20(25)28-4)21-18(23)6-5-7-19(21)29-22(26)24(2)16-9-11-17(27-3)12-10-16/h5-13,15H,14H2,1-4H3. The lowest BCUT2D eigenvalue weighted by Crippen LogP contribution is -2.29. The zero-order valence-corrected chi connectivity index (χ0v) is 16.9. The average Bonchev–Trinajstić information content (AvgIpc) is 3.08. The molecule has 7 heteroatoms. The van der Waals surface area contributed by atoms with E-state index in [1.807, 2.05) is 19.2 Å². The van der Waals surface area contributed by atoms with Gasteiger partial charge in [0.05, 0.1) is 14.2 Å². The van der Waals surface area contributed by atoms with Crippen LogP contribution in [0.3, 0.4) is 0 Å². The number of carbonyl (C=O) groups excluding carboxylic acids is 2. The zero-order chi connectivity index (χ0) is 21.0. The molecular weight excluding hydrogens is 372 g/mol. The molecule has 152 valence electrons. The smallest absolute Gasteiger partial charge is 0.419 e. The molecule has 0 saturated heterocycles. The molecule has 1 unspecified atom stereocenters. The Hall–Kier alpha value is -3.48. The van der Waals surface area contributed by atoms with Crippen LogP contribution in [-0.2, 0) is 9.53 Å². The molecule has 0 bridgehead atoms. The topological polar surface area (TPSA) is 68.3 Å². The van der Waals surface area contributed by atoms with E-state index in [0.29, 0.717) is 23.7 Å². The Morgan fingerprint density at radius 2 is 1.86 bits per heavy atom. The molecule has 1 heterocycles. The van der Waals surface area contributed by atoms with Crippen molar-refractivity contribution in [2.45, 2.75) is 5.92 Å². The fourth-order valence-electron chi connectivity index (χ4n) is 3.31. The highest BCUT2D eigenvalue weighted by Gasteiger charge is 2.29. The summed E-state index contributed by atoms with van der Waals surface area (Å²) in [6.45, 7) is 0.672. The number of methoxy groups -OCH3 is 2. The first-order valence-electron chi connectivity index (χ1n) is 9.14. The number of amides is 1. The van der Waals surface area contributed by atoms with Gasteiger partial charge in [0.15, 0.2) is 0 Å².